The van der Waals surface area contributed by atoms with Crippen LogP contribution in [0.25, 0.3) is 0 Å². The lowest BCUT2D eigenvalue weighted by Crippen LogP contribution is -2.28. The van der Waals surface area contributed by atoms with Gasteiger partial charge in [0.15, 0.2) is 0 Å². The highest BCUT2D eigenvalue weighted by molar-refractivity contribution is 7.10. The molecule has 0 saturated carbocycles. The van der Waals surface area contributed by atoms with Crippen LogP contribution in [0.3, 0.4) is 0 Å². The molecule has 0 rings (SSSR count). The molecule has 0 radical (unpaired) electrons. The van der Waals surface area contributed by atoms with Gasteiger partial charge in [0.25, 0.3) is 0 Å². The molecule has 0 spiro atoms. The van der Waals surface area contributed by atoms with E-state index < -0.39 is 12.1 Å². The van der Waals surface area contributed by atoms with Crippen molar-refractivity contribution in [2.75, 3.05) is 6.54 Å². The van der Waals surface area contributed by atoms with Gasteiger partial charge in [-0.3, -0.25) is 0 Å². The predicted octanol–water partition coefficient (Wildman–Crippen LogP) is 0.658. The minimum Gasteiger partial charge on any atom is -0.435 e. The highest BCUT2D eigenvalue weighted by atomic mass is 31.0. The van der Waals surface area contributed by atoms with Crippen LogP contribution in [0.15, 0.2) is 5.18 Å². The van der Waals surface area contributed by atoms with Gasteiger partial charge in [0, 0.05) is 6.54 Å². The Bertz CT molecular complexity index is 130. The maximum absolute atomic E-state index is 10.3. The fraction of sp³-hybridized carbons (Fsp3) is 0.750. The molecule has 0 aliphatic heterocycles. The zero-order chi connectivity index (χ0) is 7.98. The van der Waals surface area contributed by atoms with Crippen LogP contribution in [0.2, 0.25) is 0 Å². The number of nitrogens with zero attached hydrogens (tertiary/aromatic N) is 1. The van der Waals surface area contributed by atoms with Gasteiger partial charge in [0.2, 0.25) is 0 Å². The summed E-state index contributed by atoms with van der Waals surface area (Å²) < 4.78 is 4.17. The highest BCUT2D eigenvalue weighted by Crippen LogP contribution is 1.88. The van der Waals surface area contributed by atoms with Gasteiger partial charge in [-0.1, -0.05) is 5.18 Å². The van der Waals surface area contributed by atoms with Crippen molar-refractivity contribution in [3.63, 3.8) is 0 Å². The Morgan fingerprint density at radius 2 is 2.50 bits per heavy atom. The van der Waals surface area contributed by atoms with Crippen molar-refractivity contribution in [2.24, 2.45) is 5.18 Å². The molecule has 0 aliphatic rings. The molecule has 0 heterocycles. The molecule has 0 aromatic rings. The Labute approximate surface area is 60.8 Å². The van der Waals surface area contributed by atoms with Crippen molar-refractivity contribution in [3.05, 3.63) is 4.91 Å². The first kappa shape index (κ1) is 9.30. The molecular weight excluding hydrogens is 155 g/mol. The molecule has 2 unspecified atom stereocenters. The lowest BCUT2D eigenvalue weighted by molar-refractivity contribution is 0.207. The normalized spacial score (nSPS) is 11.8. The number of rotatable bonds is 3. The van der Waals surface area contributed by atoms with E-state index in [0.29, 0.717) is 0 Å². The van der Waals surface area contributed by atoms with E-state index in [1.54, 1.807) is 16.4 Å². The molecule has 10 heavy (non-hydrogen) atoms. The standard InChI is InChI=1S/C4H9N2O3P/c1-3(6-8)2-5-4(7)9-10/h3H,2,10H2,1H3,(H,5,7). The zero-order valence-electron chi connectivity index (χ0n) is 5.53. The van der Waals surface area contributed by atoms with Crippen molar-refractivity contribution >= 4 is 15.6 Å². The maximum Gasteiger partial charge on any atom is 0.409 e. The molecule has 0 saturated heterocycles. The van der Waals surface area contributed by atoms with Gasteiger partial charge in [-0.25, -0.2) is 4.79 Å². The molecule has 0 bridgehead atoms. The Hall–Kier alpha value is -0.700. The fourth-order valence-electron chi connectivity index (χ4n) is 0.310. The highest BCUT2D eigenvalue weighted by Gasteiger charge is 2.02. The second-order valence-corrected chi connectivity index (χ2v) is 1.98. The number of carbonyl (C=O) groups is 1. The lowest BCUT2D eigenvalue weighted by atomic mass is 10.4. The third kappa shape index (κ3) is 4.21. The van der Waals surface area contributed by atoms with E-state index in [2.05, 4.69) is 15.0 Å². The number of nitroso groups, excluding NO2 is 1. The molecule has 0 fully saturated rings. The van der Waals surface area contributed by atoms with Crippen LogP contribution in [0, 0.1) is 4.91 Å². The Morgan fingerprint density at radius 1 is 1.90 bits per heavy atom. The topological polar surface area (TPSA) is 67.8 Å². The molecule has 0 aromatic heterocycles. The van der Waals surface area contributed by atoms with Crippen molar-refractivity contribution in [2.45, 2.75) is 13.0 Å². The summed E-state index contributed by atoms with van der Waals surface area (Å²) in [6, 6.07) is -0.413. The number of nitrogens with one attached hydrogen (secondary N) is 1. The van der Waals surface area contributed by atoms with Crippen LogP contribution in [0.5, 0.6) is 0 Å². The molecule has 6 heteroatoms. The van der Waals surface area contributed by atoms with E-state index in [0.717, 1.165) is 0 Å². The van der Waals surface area contributed by atoms with E-state index >= 15 is 0 Å². The Balaban J connectivity index is 3.34. The van der Waals surface area contributed by atoms with E-state index in [-0.39, 0.29) is 6.54 Å². The first-order valence-electron chi connectivity index (χ1n) is 2.67. The van der Waals surface area contributed by atoms with Crippen LogP contribution >= 0.6 is 9.47 Å². The minimum absolute atomic E-state index is 0.205. The molecular formula is C4H9N2O3P. The van der Waals surface area contributed by atoms with Crippen LogP contribution in [-0.2, 0) is 4.52 Å². The first-order chi connectivity index (χ1) is 4.70. The molecule has 1 N–H and O–H groups in total. The van der Waals surface area contributed by atoms with Crippen molar-refractivity contribution in [1.29, 1.82) is 0 Å². The number of carbonyl (C=O) groups excluding carboxylic acids is 1. The number of hydrogen-bond acceptors (Lipinski definition) is 4. The fourth-order valence-corrected chi connectivity index (χ4v) is 0.393. The van der Waals surface area contributed by atoms with Crippen LogP contribution < -0.4 is 5.32 Å². The molecule has 1 amide bonds. The maximum atomic E-state index is 10.3. The second-order valence-electron chi connectivity index (χ2n) is 1.74. The lowest BCUT2D eigenvalue weighted by Gasteiger charge is -2.02. The summed E-state index contributed by atoms with van der Waals surface area (Å²) in [5.41, 5.74) is 0. The number of amides is 1. The largest absolute Gasteiger partial charge is 0.435 e. The van der Waals surface area contributed by atoms with E-state index in [1.165, 1.54) is 0 Å². The summed E-state index contributed by atoms with van der Waals surface area (Å²) >= 11 is 0. The molecule has 0 aliphatic carbocycles. The van der Waals surface area contributed by atoms with E-state index in [4.69, 9.17) is 0 Å². The minimum atomic E-state index is -0.583. The SMILES string of the molecule is CC(CNC(=O)OP)N=O. The molecule has 58 valence electrons. The van der Waals surface area contributed by atoms with Crippen LogP contribution in [-0.4, -0.2) is 18.7 Å². The smallest absolute Gasteiger partial charge is 0.409 e. The van der Waals surface area contributed by atoms with Gasteiger partial charge in [-0.2, -0.15) is 4.91 Å². The predicted molar refractivity (Wildman–Crippen MR) is 39.5 cm³/mol. The molecule has 2 atom stereocenters. The van der Waals surface area contributed by atoms with Crippen LogP contribution in [0.1, 0.15) is 6.92 Å². The third-order valence-corrected chi connectivity index (χ3v) is 1.04. The average Bonchev–Trinajstić information content (AvgIpc) is 1.99. The van der Waals surface area contributed by atoms with Crippen molar-refractivity contribution in [3.8, 4) is 0 Å². The van der Waals surface area contributed by atoms with Crippen molar-refractivity contribution in [1.82, 2.24) is 5.32 Å². The summed E-state index contributed by atoms with van der Waals surface area (Å²) in [5.74, 6) is 0. The first-order valence-corrected chi connectivity index (χ1v) is 3.15. The number of hydrogen-bond donors (Lipinski definition) is 1. The summed E-state index contributed by atoms with van der Waals surface area (Å²) in [4.78, 5) is 20.1. The Kier molecular flexibility index (Phi) is 4.76. The quantitative estimate of drug-likeness (QED) is 0.492. The third-order valence-electron chi connectivity index (χ3n) is 0.829. The monoisotopic (exact) mass is 164 g/mol. The Morgan fingerprint density at radius 3 is 2.90 bits per heavy atom. The summed E-state index contributed by atoms with van der Waals surface area (Å²) in [6.07, 6.45) is -0.583. The van der Waals surface area contributed by atoms with Gasteiger partial charge >= 0.3 is 6.09 Å². The van der Waals surface area contributed by atoms with Gasteiger partial charge < -0.3 is 9.84 Å². The molecule has 0 aromatic carbocycles. The summed E-state index contributed by atoms with van der Waals surface area (Å²) in [5, 5.41) is 4.97. The molecule has 5 nitrogen and oxygen atoms in total. The van der Waals surface area contributed by atoms with E-state index in [1.807, 2.05) is 0 Å². The summed E-state index contributed by atoms with van der Waals surface area (Å²) in [6.45, 7) is 1.80. The van der Waals surface area contributed by atoms with Gasteiger partial charge in [-0.15, -0.1) is 0 Å². The second kappa shape index (κ2) is 5.11. The zero-order valence-corrected chi connectivity index (χ0v) is 6.69. The van der Waals surface area contributed by atoms with Crippen LogP contribution in [0.4, 0.5) is 4.79 Å². The van der Waals surface area contributed by atoms with Gasteiger partial charge in [-0.05, 0) is 6.92 Å². The summed E-state index contributed by atoms with van der Waals surface area (Å²) in [7, 11) is 1.80. The van der Waals surface area contributed by atoms with Gasteiger partial charge in [0.05, 0.1) is 9.47 Å². The van der Waals surface area contributed by atoms with Gasteiger partial charge in [0.1, 0.15) is 6.04 Å². The van der Waals surface area contributed by atoms with E-state index in [9.17, 15) is 9.70 Å². The van der Waals surface area contributed by atoms with Crippen molar-refractivity contribution < 1.29 is 9.32 Å². The average molecular weight is 164 g/mol.